The number of halogens is 2. The molecule has 2 aromatic carbocycles. The number of fused-ring (bicyclic) bond motifs is 3. The number of nitrogens with zero attached hydrogens (tertiary/aromatic N) is 4. The summed E-state index contributed by atoms with van der Waals surface area (Å²) in [6, 6.07) is 8.12. The zero-order valence-electron chi connectivity index (χ0n) is 17.3. The number of carboxylic acids is 1. The number of nitrogens with one attached hydrogen (secondary N) is 1. The van der Waals surface area contributed by atoms with Crippen molar-refractivity contribution in [2.75, 3.05) is 16.8 Å². The van der Waals surface area contributed by atoms with E-state index < -0.39 is 17.6 Å². The van der Waals surface area contributed by atoms with Crippen molar-refractivity contribution in [2.24, 2.45) is 0 Å². The highest BCUT2D eigenvalue weighted by Gasteiger charge is 2.27. The number of hydrogen-bond acceptors (Lipinski definition) is 7. The number of aromatic carboxylic acids is 1. The zero-order chi connectivity index (χ0) is 23.1. The molecule has 0 radical (unpaired) electrons. The molecule has 0 amide bonds. The molecule has 0 saturated heterocycles. The van der Waals surface area contributed by atoms with E-state index in [1.54, 1.807) is 12.3 Å². The van der Waals surface area contributed by atoms with Crippen molar-refractivity contribution >= 4 is 39.8 Å². The Morgan fingerprint density at radius 2 is 1.97 bits per heavy atom. The maximum atomic E-state index is 14.7. The molecule has 0 unspecified atom stereocenters. The average Bonchev–Trinajstić information content (AvgIpc) is 3.13. The third-order valence-electron chi connectivity index (χ3n) is 5.31. The van der Waals surface area contributed by atoms with Gasteiger partial charge in [-0.05, 0) is 49.2 Å². The molecule has 2 N–H and O–H groups in total. The first kappa shape index (κ1) is 21.0. The quantitative estimate of drug-likeness (QED) is 0.421. The predicted octanol–water partition coefficient (Wildman–Crippen LogP) is 5.32. The molecule has 1 aliphatic heterocycles. The number of rotatable bonds is 4. The zero-order valence-corrected chi connectivity index (χ0v) is 18.2. The maximum Gasteiger partial charge on any atom is 0.335 e. The lowest BCUT2D eigenvalue weighted by Crippen LogP contribution is -2.22. The highest BCUT2D eigenvalue weighted by atomic mass is 32.1. The van der Waals surface area contributed by atoms with Gasteiger partial charge in [-0.2, -0.15) is 0 Å². The van der Waals surface area contributed by atoms with E-state index in [4.69, 9.17) is 0 Å². The second-order valence-electron chi connectivity index (χ2n) is 7.50. The molecule has 0 saturated carbocycles. The SMILES string of the molecule is Cc1csc(Nc2ncc3c(n2)-c2ccc(C(=O)O)cc2N(c2c(F)cccc2F)CC3)n1. The van der Waals surface area contributed by atoms with Crippen molar-refractivity contribution in [3.63, 3.8) is 0 Å². The molecule has 33 heavy (non-hydrogen) atoms. The lowest BCUT2D eigenvalue weighted by Gasteiger charge is -2.26. The van der Waals surface area contributed by atoms with E-state index in [2.05, 4.69) is 20.3 Å². The van der Waals surface area contributed by atoms with E-state index in [1.165, 1.54) is 46.6 Å². The molecule has 1 aliphatic rings. The molecule has 7 nitrogen and oxygen atoms in total. The monoisotopic (exact) mass is 465 g/mol. The van der Waals surface area contributed by atoms with Gasteiger partial charge in [-0.3, -0.25) is 0 Å². The second kappa shape index (κ2) is 8.21. The normalized spacial score (nSPS) is 12.6. The maximum absolute atomic E-state index is 14.7. The number of thiazole rings is 1. The van der Waals surface area contributed by atoms with E-state index in [9.17, 15) is 18.7 Å². The Kier molecular flexibility index (Phi) is 5.21. The van der Waals surface area contributed by atoms with Crippen LogP contribution in [0.5, 0.6) is 0 Å². The second-order valence-corrected chi connectivity index (χ2v) is 8.35. The van der Waals surface area contributed by atoms with Crippen molar-refractivity contribution in [3.05, 3.63) is 76.4 Å². The van der Waals surface area contributed by atoms with Crippen LogP contribution in [0.25, 0.3) is 11.3 Å². The lowest BCUT2D eigenvalue weighted by molar-refractivity contribution is 0.0697. The van der Waals surface area contributed by atoms with Gasteiger partial charge in [-0.1, -0.05) is 6.07 Å². The average molecular weight is 465 g/mol. The lowest BCUT2D eigenvalue weighted by atomic mass is 10.0. The van der Waals surface area contributed by atoms with Crippen molar-refractivity contribution < 1.29 is 18.7 Å². The molecule has 5 rings (SSSR count). The first-order valence-corrected chi connectivity index (χ1v) is 10.9. The number of aryl methyl sites for hydroxylation is 1. The van der Waals surface area contributed by atoms with Gasteiger partial charge in [0.1, 0.15) is 17.3 Å². The number of benzene rings is 2. The fourth-order valence-corrected chi connectivity index (χ4v) is 4.49. The van der Waals surface area contributed by atoms with Gasteiger partial charge in [0, 0.05) is 23.7 Å². The van der Waals surface area contributed by atoms with Crippen LogP contribution in [-0.4, -0.2) is 32.6 Å². The highest BCUT2D eigenvalue weighted by Crippen LogP contribution is 2.41. The summed E-state index contributed by atoms with van der Waals surface area (Å²) in [5, 5.41) is 15.1. The molecule has 10 heteroatoms. The molecular weight excluding hydrogens is 448 g/mol. The summed E-state index contributed by atoms with van der Waals surface area (Å²) in [5.74, 6) is -2.29. The molecular formula is C23H17F2N5O2S. The van der Waals surface area contributed by atoms with E-state index in [-0.39, 0.29) is 17.8 Å². The molecule has 0 spiro atoms. The van der Waals surface area contributed by atoms with Gasteiger partial charge in [0.25, 0.3) is 0 Å². The van der Waals surface area contributed by atoms with Crippen molar-refractivity contribution in [1.82, 2.24) is 15.0 Å². The number of carboxylic acid groups (broad SMARTS) is 1. The van der Waals surface area contributed by atoms with Crippen LogP contribution < -0.4 is 10.2 Å². The fourth-order valence-electron chi connectivity index (χ4n) is 3.81. The van der Waals surface area contributed by atoms with Gasteiger partial charge in [0.05, 0.1) is 22.6 Å². The Hall–Kier alpha value is -3.92. The Balaban J connectivity index is 1.67. The number of para-hydroxylation sites is 1. The van der Waals surface area contributed by atoms with E-state index in [1.807, 2.05) is 12.3 Å². The summed E-state index contributed by atoms with van der Waals surface area (Å²) in [4.78, 5) is 26.5. The van der Waals surface area contributed by atoms with Gasteiger partial charge >= 0.3 is 5.97 Å². The van der Waals surface area contributed by atoms with Crippen LogP contribution in [-0.2, 0) is 6.42 Å². The van der Waals surface area contributed by atoms with Crippen molar-refractivity contribution in [1.29, 1.82) is 0 Å². The molecule has 0 fully saturated rings. The smallest absolute Gasteiger partial charge is 0.335 e. The van der Waals surface area contributed by atoms with Crippen LogP contribution in [0, 0.1) is 18.6 Å². The molecule has 0 aliphatic carbocycles. The molecule has 3 heterocycles. The predicted molar refractivity (Wildman–Crippen MR) is 122 cm³/mol. The van der Waals surface area contributed by atoms with Crippen LogP contribution in [0.4, 0.5) is 31.2 Å². The van der Waals surface area contributed by atoms with E-state index >= 15 is 0 Å². The third kappa shape index (κ3) is 3.89. The first-order valence-electron chi connectivity index (χ1n) is 10.0. The Morgan fingerprint density at radius 1 is 1.18 bits per heavy atom. The van der Waals surface area contributed by atoms with Crippen molar-refractivity contribution in [2.45, 2.75) is 13.3 Å². The van der Waals surface area contributed by atoms with Gasteiger partial charge in [0.2, 0.25) is 5.95 Å². The van der Waals surface area contributed by atoms with Gasteiger partial charge in [-0.15, -0.1) is 11.3 Å². The molecule has 2 aromatic heterocycles. The number of aromatic nitrogens is 3. The summed E-state index contributed by atoms with van der Waals surface area (Å²) < 4.78 is 29.4. The van der Waals surface area contributed by atoms with Crippen LogP contribution >= 0.6 is 11.3 Å². The van der Waals surface area contributed by atoms with Crippen molar-refractivity contribution in [3.8, 4) is 11.3 Å². The summed E-state index contributed by atoms with van der Waals surface area (Å²) >= 11 is 1.42. The topological polar surface area (TPSA) is 91.2 Å². The standard InChI is InChI=1S/C23H17F2N5O2S/c1-12-11-33-23(27-12)29-22-26-10-14-7-8-30(20-16(24)3-2-4-17(20)25)18-9-13(21(31)32)5-6-15(18)19(14)28-22/h2-6,9-11H,7-8H2,1H3,(H,31,32)(H,26,27,28,29). The van der Waals surface area contributed by atoms with Crippen LogP contribution in [0.2, 0.25) is 0 Å². The van der Waals surface area contributed by atoms with Crippen LogP contribution in [0.1, 0.15) is 21.6 Å². The number of carbonyl (C=O) groups is 1. The Morgan fingerprint density at radius 3 is 2.67 bits per heavy atom. The van der Waals surface area contributed by atoms with Gasteiger partial charge in [-0.25, -0.2) is 28.5 Å². The minimum Gasteiger partial charge on any atom is -0.478 e. The van der Waals surface area contributed by atoms with Gasteiger partial charge in [0.15, 0.2) is 5.13 Å². The summed E-state index contributed by atoms with van der Waals surface area (Å²) in [6.45, 7) is 2.09. The molecule has 166 valence electrons. The van der Waals surface area contributed by atoms with Crippen LogP contribution in [0.15, 0.2) is 48.0 Å². The fraction of sp³-hybridized carbons (Fsp3) is 0.130. The molecule has 4 aromatic rings. The summed E-state index contributed by atoms with van der Waals surface area (Å²) in [6.07, 6.45) is 2.07. The number of hydrogen-bond donors (Lipinski definition) is 2. The van der Waals surface area contributed by atoms with E-state index in [0.29, 0.717) is 34.4 Å². The van der Waals surface area contributed by atoms with E-state index in [0.717, 1.165) is 11.3 Å². The Bertz CT molecular complexity index is 1370. The molecule has 0 bridgehead atoms. The third-order valence-corrected chi connectivity index (χ3v) is 6.18. The van der Waals surface area contributed by atoms with Gasteiger partial charge < -0.3 is 15.3 Å². The highest BCUT2D eigenvalue weighted by molar-refractivity contribution is 7.13. The number of anilines is 4. The summed E-state index contributed by atoms with van der Waals surface area (Å²) in [7, 11) is 0. The first-order chi connectivity index (χ1) is 15.9. The summed E-state index contributed by atoms with van der Waals surface area (Å²) in [5.41, 5.74) is 2.88. The largest absolute Gasteiger partial charge is 0.478 e. The van der Waals surface area contributed by atoms with Crippen LogP contribution in [0.3, 0.4) is 0 Å². The Labute approximate surface area is 191 Å². The minimum absolute atomic E-state index is 0.00427. The molecule has 0 atom stereocenters. The minimum atomic E-state index is -1.14.